The minimum Gasteiger partial charge on any atom is -0.377 e. The molecule has 0 bridgehead atoms. The highest BCUT2D eigenvalue weighted by Gasteiger charge is 2.27. The zero-order chi connectivity index (χ0) is 15.3. The Balaban J connectivity index is 2.43. The van der Waals surface area contributed by atoms with Gasteiger partial charge in [-0.2, -0.15) is 0 Å². The molecule has 0 unspecified atom stereocenters. The van der Waals surface area contributed by atoms with Crippen LogP contribution in [0.1, 0.15) is 39.5 Å². The van der Waals surface area contributed by atoms with Crippen molar-refractivity contribution in [3.8, 4) is 0 Å². The number of pyridine rings is 1. The van der Waals surface area contributed by atoms with Crippen molar-refractivity contribution in [3.63, 3.8) is 0 Å². The van der Waals surface area contributed by atoms with Gasteiger partial charge < -0.3 is 11.1 Å². The highest BCUT2D eigenvalue weighted by Crippen LogP contribution is 2.32. The van der Waals surface area contributed by atoms with Crippen LogP contribution in [0.5, 0.6) is 0 Å². The van der Waals surface area contributed by atoms with Gasteiger partial charge in [-0.15, -0.1) is 0 Å². The summed E-state index contributed by atoms with van der Waals surface area (Å²) in [6.07, 6.45) is 6.10. The molecule has 114 valence electrons. The van der Waals surface area contributed by atoms with Crippen molar-refractivity contribution < 1.29 is 0 Å². The zero-order valence-corrected chi connectivity index (χ0v) is 13.6. The second kappa shape index (κ2) is 7.10. The summed E-state index contributed by atoms with van der Waals surface area (Å²) in [5, 5.41) is 5.37. The van der Waals surface area contributed by atoms with Gasteiger partial charge in [-0.25, -0.2) is 0 Å². The predicted molar refractivity (Wildman–Crippen MR) is 92.0 cm³/mol. The number of nitrogens with one attached hydrogen (secondary N) is 1. The number of anilines is 1. The monoisotopic (exact) mass is 305 g/mol. The average molecular weight is 306 g/mol. The number of fused-ring (bicyclic) bond motifs is 1. The summed E-state index contributed by atoms with van der Waals surface area (Å²) in [7, 11) is 0. The van der Waals surface area contributed by atoms with E-state index in [1.165, 1.54) is 0 Å². The van der Waals surface area contributed by atoms with Crippen LogP contribution in [0, 0.1) is 0 Å². The van der Waals surface area contributed by atoms with Crippen molar-refractivity contribution in [2.75, 3.05) is 11.9 Å². The third kappa shape index (κ3) is 3.47. The molecule has 3 N–H and O–H groups in total. The van der Waals surface area contributed by atoms with Crippen LogP contribution in [0.15, 0.2) is 30.5 Å². The second-order valence-corrected chi connectivity index (χ2v) is 6.01. The molecule has 3 nitrogen and oxygen atoms in total. The molecule has 0 aliphatic carbocycles. The van der Waals surface area contributed by atoms with Crippen LogP contribution in [0.3, 0.4) is 0 Å². The number of nitrogens with two attached hydrogens (primary N) is 1. The lowest BCUT2D eigenvalue weighted by atomic mass is 9.88. The molecule has 2 rings (SSSR count). The Morgan fingerprint density at radius 3 is 2.52 bits per heavy atom. The van der Waals surface area contributed by atoms with Gasteiger partial charge in [0.05, 0.1) is 16.2 Å². The van der Waals surface area contributed by atoms with E-state index in [-0.39, 0.29) is 5.54 Å². The quantitative estimate of drug-likeness (QED) is 0.786. The van der Waals surface area contributed by atoms with Crippen molar-refractivity contribution in [2.24, 2.45) is 5.73 Å². The smallest absolute Gasteiger partial charge is 0.0948 e. The van der Waals surface area contributed by atoms with Gasteiger partial charge in [0.15, 0.2) is 0 Å². The molecular formula is C17H24ClN3. The van der Waals surface area contributed by atoms with E-state index in [1.807, 2.05) is 24.3 Å². The fourth-order valence-corrected chi connectivity index (χ4v) is 3.20. The normalized spacial score (nSPS) is 11.8. The summed E-state index contributed by atoms with van der Waals surface area (Å²) in [4.78, 5) is 4.49. The number of rotatable bonds is 7. The number of hydrogen-bond donors (Lipinski definition) is 2. The van der Waals surface area contributed by atoms with Crippen molar-refractivity contribution in [3.05, 3.63) is 35.5 Å². The maximum absolute atomic E-state index is 6.26. The summed E-state index contributed by atoms with van der Waals surface area (Å²) in [5.41, 5.74) is 7.95. The first-order chi connectivity index (χ1) is 10.2. The minimum atomic E-state index is -0.0677. The number of halogens is 1. The van der Waals surface area contributed by atoms with Crippen molar-refractivity contribution in [2.45, 2.75) is 45.1 Å². The Labute approximate surface area is 131 Å². The number of aromatic nitrogens is 1. The molecular weight excluding hydrogens is 282 g/mol. The highest BCUT2D eigenvalue weighted by atomic mass is 35.5. The maximum atomic E-state index is 6.26. The molecule has 0 atom stereocenters. The highest BCUT2D eigenvalue weighted by molar-refractivity contribution is 6.35. The molecule has 0 radical (unpaired) electrons. The van der Waals surface area contributed by atoms with Gasteiger partial charge in [0.2, 0.25) is 0 Å². The van der Waals surface area contributed by atoms with Crippen LogP contribution in [0.2, 0.25) is 5.02 Å². The standard InChI is InChI=1S/C17H24ClN3/c1-3-9-17(12-19,10-4-2)21-15-8-7-14(18)13-6-5-11-20-16(13)15/h5-8,11,21H,3-4,9-10,12,19H2,1-2H3. The van der Waals surface area contributed by atoms with Crippen LogP contribution in [0.25, 0.3) is 10.9 Å². The van der Waals surface area contributed by atoms with Gasteiger partial charge in [-0.3, -0.25) is 4.98 Å². The molecule has 1 heterocycles. The molecule has 0 amide bonds. The van der Waals surface area contributed by atoms with E-state index in [1.54, 1.807) is 6.20 Å². The van der Waals surface area contributed by atoms with Crippen LogP contribution in [-0.2, 0) is 0 Å². The van der Waals surface area contributed by atoms with Crippen LogP contribution in [0.4, 0.5) is 5.69 Å². The van der Waals surface area contributed by atoms with Crippen molar-refractivity contribution >= 4 is 28.2 Å². The summed E-state index contributed by atoms with van der Waals surface area (Å²) < 4.78 is 0. The van der Waals surface area contributed by atoms with Crippen molar-refractivity contribution in [1.82, 2.24) is 4.98 Å². The summed E-state index contributed by atoms with van der Waals surface area (Å²) in [6, 6.07) is 7.84. The topological polar surface area (TPSA) is 50.9 Å². The molecule has 1 aromatic carbocycles. The Bertz CT molecular complexity index is 592. The van der Waals surface area contributed by atoms with E-state index in [2.05, 4.69) is 24.1 Å². The van der Waals surface area contributed by atoms with E-state index in [0.717, 1.165) is 47.3 Å². The number of nitrogens with zero attached hydrogens (tertiary/aromatic N) is 1. The fourth-order valence-electron chi connectivity index (χ4n) is 2.99. The number of benzene rings is 1. The SMILES string of the molecule is CCCC(CN)(CCC)Nc1ccc(Cl)c2cccnc12. The van der Waals surface area contributed by atoms with Gasteiger partial charge in [-0.05, 0) is 37.1 Å². The van der Waals surface area contributed by atoms with Crippen LogP contribution in [-0.4, -0.2) is 17.1 Å². The maximum Gasteiger partial charge on any atom is 0.0948 e. The van der Waals surface area contributed by atoms with Crippen LogP contribution < -0.4 is 11.1 Å². The summed E-state index contributed by atoms with van der Waals surface area (Å²) >= 11 is 6.26. The van der Waals surface area contributed by atoms with Gasteiger partial charge in [0.1, 0.15) is 0 Å². The first-order valence-electron chi connectivity index (χ1n) is 7.67. The molecule has 0 spiro atoms. The molecule has 4 heteroatoms. The Morgan fingerprint density at radius 2 is 1.90 bits per heavy atom. The lowest BCUT2D eigenvalue weighted by Crippen LogP contribution is -2.45. The lowest BCUT2D eigenvalue weighted by Gasteiger charge is -2.35. The molecule has 2 aromatic rings. The third-order valence-corrected chi connectivity index (χ3v) is 4.29. The minimum absolute atomic E-state index is 0.0677. The fraction of sp³-hybridized carbons (Fsp3) is 0.471. The molecule has 0 saturated carbocycles. The molecule has 0 saturated heterocycles. The number of hydrogen-bond acceptors (Lipinski definition) is 3. The van der Waals surface area contributed by atoms with Gasteiger partial charge >= 0.3 is 0 Å². The van der Waals surface area contributed by atoms with E-state index < -0.39 is 0 Å². The Hall–Kier alpha value is -1.32. The second-order valence-electron chi connectivity index (χ2n) is 5.60. The average Bonchev–Trinajstić information content (AvgIpc) is 2.51. The molecule has 1 aromatic heterocycles. The van der Waals surface area contributed by atoms with Crippen molar-refractivity contribution in [1.29, 1.82) is 0 Å². The molecule has 0 aliphatic rings. The Morgan fingerprint density at radius 1 is 1.19 bits per heavy atom. The third-order valence-electron chi connectivity index (χ3n) is 3.96. The van der Waals surface area contributed by atoms with E-state index in [9.17, 15) is 0 Å². The zero-order valence-electron chi connectivity index (χ0n) is 12.8. The first-order valence-corrected chi connectivity index (χ1v) is 8.05. The van der Waals surface area contributed by atoms with Gasteiger partial charge in [0.25, 0.3) is 0 Å². The van der Waals surface area contributed by atoms with E-state index >= 15 is 0 Å². The lowest BCUT2D eigenvalue weighted by molar-refractivity contribution is 0.401. The molecule has 21 heavy (non-hydrogen) atoms. The van der Waals surface area contributed by atoms with Gasteiger partial charge in [-0.1, -0.05) is 38.3 Å². The van der Waals surface area contributed by atoms with E-state index in [0.29, 0.717) is 6.54 Å². The summed E-state index contributed by atoms with van der Waals surface area (Å²) in [5.74, 6) is 0. The van der Waals surface area contributed by atoms with Crippen LogP contribution >= 0.6 is 11.6 Å². The molecule has 0 aliphatic heterocycles. The molecule has 0 fully saturated rings. The predicted octanol–water partition coefficient (Wildman–Crippen LogP) is 4.60. The summed E-state index contributed by atoms with van der Waals surface area (Å²) in [6.45, 7) is 5.01. The van der Waals surface area contributed by atoms with E-state index in [4.69, 9.17) is 17.3 Å². The first kappa shape index (κ1) is 16.1. The largest absolute Gasteiger partial charge is 0.377 e. The Kier molecular flexibility index (Phi) is 5.43. The van der Waals surface area contributed by atoms with Gasteiger partial charge in [0, 0.05) is 23.7 Å².